The predicted octanol–water partition coefficient (Wildman–Crippen LogP) is 4.69. The number of halogens is 2. The number of hydrogen-bond acceptors (Lipinski definition) is 2. The highest BCUT2D eigenvalue weighted by molar-refractivity contribution is 6.35. The molecule has 0 fully saturated rings. The lowest BCUT2D eigenvalue weighted by Crippen LogP contribution is -2.31. The highest BCUT2D eigenvalue weighted by atomic mass is 35.5. The molecule has 0 unspecified atom stereocenters. The van der Waals surface area contributed by atoms with E-state index in [1.807, 2.05) is 12.1 Å². The number of carbonyl (C=O) groups excluding carboxylic acids is 1. The monoisotopic (exact) mass is 344 g/mol. The molecule has 23 heavy (non-hydrogen) atoms. The third kappa shape index (κ3) is 4.35. The summed E-state index contributed by atoms with van der Waals surface area (Å²) in [6.07, 6.45) is 1.65. The zero-order chi connectivity index (χ0) is 16.8. The molecule has 1 amide bonds. The number of nitriles is 1. The fourth-order valence-corrected chi connectivity index (χ4v) is 2.48. The number of amides is 1. The van der Waals surface area contributed by atoms with Crippen molar-refractivity contribution in [1.82, 2.24) is 4.90 Å². The zero-order valence-electron chi connectivity index (χ0n) is 12.3. The number of nitrogens with zero attached hydrogens (tertiary/aromatic N) is 2. The van der Waals surface area contributed by atoms with Crippen molar-refractivity contribution in [2.45, 2.75) is 6.54 Å². The Hall–Kier alpha value is -2.28. The Morgan fingerprint density at radius 2 is 1.91 bits per heavy atom. The van der Waals surface area contributed by atoms with Crippen molar-refractivity contribution in [1.29, 1.82) is 5.26 Å². The molecule has 0 heterocycles. The Kier molecular flexibility index (Phi) is 5.81. The summed E-state index contributed by atoms with van der Waals surface area (Å²) in [5, 5.41) is 9.64. The van der Waals surface area contributed by atoms with Gasteiger partial charge in [-0.15, -0.1) is 6.58 Å². The molecule has 0 aliphatic rings. The van der Waals surface area contributed by atoms with Crippen molar-refractivity contribution in [3.63, 3.8) is 0 Å². The van der Waals surface area contributed by atoms with Crippen molar-refractivity contribution in [2.24, 2.45) is 0 Å². The van der Waals surface area contributed by atoms with Crippen LogP contribution in [-0.4, -0.2) is 17.4 Å². The second kappa shape index (κ2) is 7.82. The largest absolute Gasteiger partial charge is 0.331 e. The molecule has 0 radical (unpaired) electrons. The molecule has 0 spiro atoms. The molecule has 2 rings (SSSR count). The Bertz CT molecular complexity index is 764. The molecule has 2 aromatic rings. The lowest BCUT2D eigenvalue weighted by Gasteiger charge is -2.22. The maximum absolute atomic E-state index is 12.7. The fraction of sp³-hybridized carbons (Fsp3) is 0.111. The van der Waals surface area contributed by atoms with Gasteiger partial charge in [-0.1, -0.05) is 41.4 Å². The molecule has 2 aromatic carbocycles. The van der Waals surface area contributed by atoms with E-state index >= 15 is 0 Å². The van der Waals surface area contributed by atoms with Gasteiger partial charge in [-0.2, -0.15) is 5.26 Å². The van der Waals surface area contributed by atoms with Gasteiger partial charge in [-0.05, 0) is 35.9 Å². The summed E-state index contributed by atoms with van der Waals surface area (Å²) in [7, 11) is 0. The first kappa shape index (κ1) is 17.1. The number of carbonyl (C=O) groups is 1. The maximum Gasteiger partial charge on any atom is 0.256 e. The van der Waals surface area contributed by atoms with E-state index in [1.165, 1.54) is 0 Å². The van der Waals surface area contributed by atoms with Gasteiger partial charge < -0.3 is 4.90 Å². The minimum atomic E-state index is -0.221. The predicted molar refractivity (Wildman–Crippen MR) is 92.6 cm³/mol. The second-order valence-corrected chi connectivity index (χ2v) is 5.75. The summed E-state index contributed by atoms with van der Waals surface area (Å²) in [6, 6.07) is 13.9. The van der Waals surface area contributed by atoms with E-state index in [0.29, 0.717) is 34.3 Å². The van der Waals surface area contributed by atoms with Crippen LogP contribution in [0.1, 0.15) is 21.5 Å². The Morgan fingerprint density at radius 3 is 2.52 bits per heavy atom. The summed E-state index contributed by atoms with van der Waals surface area (Å²) in [4.78, 5) is 14.3. The Labute approximate surface area is 145 Å². The molecule has 0 bridgehead atoms. The number of hydrogen-bond donors (Lipinski definition) is 0. The number of benzene rings is 2. The zero-order valence-corrected chi connectivity index (χ0v) is 13.8. The third-order valence-corrected chi connectivity index (χ3v) is 3.82. The van der Waals surface area contributed by atoms with Gasteiger partial charge >= 0.3 is 0 Å². The van der Waals surface area contributed by atoms with Crippen LogP contribution < -0.4 is 0 Å². The van der Waals surface area contributed by atoms with E-state index in [1.54, 1.807) is 41.3 Å². The van der Waals surface area contributed by atoms with Crippen LogP contribution in [0.5, 0.6) is 0 Å². The van der Waals surface area contributed by atoms with Gasteiger partial charge in [0.25, 0.3) is 5.91 Å². The quantitative estimate of drug-likeness (QED) is 0.738. The SMILES string of the molecule is C=CCN(Cc1ccc(C#N)cc1)C(=O)c1cc(Cl)ccc1Cl. The van der Waals surface area contributed by atoms with Crippen LogP contribution in [0.15, 0.2) is 55.1 Å². The van der Waals surface area contributed by atoms with E-state index in [4.69, 9.17) is 28.5 Å². The molecule has 3 nitrogen and oxygen atoms in total. The van der Waals surface area contributed by atoms with Gasteiger partial charge in [-0.25, -0.2) is 0 Å². The van der Waals surface area contributed by atoms with E-state index < -0.39 is 0 Å². The second-order valence-electron chi connectivity index (χ2n) is 4.91. The van der Waals surface area contributed by atoms with Gasteiger partial charge in [0.2, 0.25) is 0 Å². The minimum Gasteiger partial charge on any atom is -0.331 e. The molecule has 0 aliphatic carbocycles. The molecule has 0 atom stereocenters. The molecule has 0 saturated heterocycles. The molecule has 0 aromatic heterocycles. The summed E-state index contributed by atoms with van der Waals surface area (Å²) in [5.74, 6) is -0.221. The molecular weight excluding hydrogens is 331 g/mol. The summed E-state index contributed by atoms with van der Waals surface area (Å²) < 4.78 is 0. The van der Waals surface area contributed by atoms with Gasteiger partial charge in [0.1, 0.15) is 0 Å². The molecule has 0 aliphatic heterocycles. The highest BCUT2D eigenvalue weighted by Crippen LogP contribution is 2.23. The van der Waals surface area contributed by atoms with Gasteiger partial charge in [0.15, 0.2) is 0 Å². The Balaban J connectivity index is 2.26. The first-order valence-corrected chi connectivity index (χ1v) is 7.65. The van der Waals surface area contributed by atoms with Gasteiger partial charge in [0, 0.05) is 18.1 Å². The first-order chi connectivity index (χ1) is 11.0. The molecule has 116 valence electrons. The average Bonchev–Trinajstić information content (AvgIpc) is 2.56. The van der Waals surface area contributed by atoms with Crippen LogP contribution in [0.25, 0.3) is 0 Å². The summed E-state index contributed by atoms with van der Waals surface area (Å²) in [6.45, 7) is 4.45. The summed E-state index contributed by atoms with van der Waals surface area (Å²) >= 11 is 12.1. The minimum absolute atomic E-state index is 0.221. The first-order valence-electron chi connectivity index (χ1n) is 6.89. The Morgan fingerprint density at radius 1 is 1.22 bits per heavy atom. The molecule has 5 heteroatoms. The van der Waals surface area contributed by atoms with Crippen molar-refractivity contribution < 1.29 is 4.79 Å². The van der Waals surface area contributed by atoms with Crippen molar-refractivity contribution >= 4 is 29.1 Å². The van der Waals surface area contributed by atoms with Gasteiger partial charge in [-0.3, -0.25) is 4.79 Å². The molecular formula is C18H14Cl2N2O. The topological polar surface area (TPSA) is 44.1 Å². The van der Waals surface area contributed by atoms with Crippen LogP contribution in [-0.2, 0) is 6.54 Å². The van der Waals surface area contributed by atoms with E-state index in [9.17, 15) is 4.79 Å². The van der Waals surface area contributed by atoms with Crippen LogP contribution in [0.2, 0.25) is 10.0 Å². The third-order valence-electron chi connectivity index (χ3n) is 3.25. The fourth-order valence-electron chi connectivity index (χ4n) is 2.11. The van der Waals surface area contributed by atoms with E-state index in [-0.39, 0.29) is 5.91 Å². The lowest BCUT2D eigenvalue weighted by atomic mass is 10.1. The van der Waals surface area contributed by atoms with E-state index in [0.717, 1.165) is 5.56 Å². The highest BCUT2D eigenvalue weighted by Gasteiger charge is 2.18. The summed E-state index contributed by atoms with van der Waals surface area (Å²) in [5.41, 5.74) is 1.85. The van der Waals surface area contributed by atoms with Crippen molar-refractivity contribution in [3.05, 3.63) is 81.9 Å². The van der Waals surface area contributed by atoms with Crippen LogP contribution >= 0.6 is 23.2 Å². The van der Waals surface area contributed by atoms with Gasteiger partial charge in [0.05, 0.1) is 22.2 Å². The maximum atomic E-state index is 12.7. The lowest BCUT2D eigenvalue weighted by molar-refractivity contribution is 0.0763. The number of rotatable bonds is 5. The van der Waals surface area contributed by atoms with Crippen molar-refractivity contribution in [3.8, 4) is 6.07 Å². The smallest absolute Gasteiger partial charge is 0.256 e. The normalized spacial score (nSPS) is 9.96. The van der Waals surface area contributed by atoms with Crippen LogP contribution in [0.3, 0.4) is 0 Å². The molecule has 0 saturated carbocycles. The standard InChI is InChI=1S/C18H14Cl2N2O/c1-2-9-22(12-14-5-3-13(11-21)4-6-14)18(23)16-10-15(19)7-8-17(16)20/h2-8,10H,1,9,12H2. The van der Waals surface area contributed by atoms with Crippen molar-refractivity contribution in [2.75, 3.05) is 6.54 Å². The van der Waals surface area contributed by atoms with E-state index in [2.05, 4.69) is 12.6 Å². The van der Waals surface area contributed by atoms with Crippen LogP contribution in [0.4, 0.5) is 0 Å². The van der Waals surface area contributed by atoms with Crippen LogP contribution in [0, 0.1) is 11.3 Å². The molecule has 0 N–H and O–H groups in total. The average molecular weight is 345 g/mol.